The Morgan fingerprint density at radius 3 is 2.32 bits per heavy atom. The van der Waals surface area contributed by atoms with Gasteiger partial charge in [-0.05, 0) is 12.1 Å². The van der Waals surface area contributed by atoms with Gasteiger partial charge in [-0.25, -0.2) is 17.2 Å². The largest absolute Gasteiger partial charge is 0.486 e. The highest BCUT2D eigenvalue weighted by Crippen LogP contribution is 2.53. The lowest BCUT2D eigenvalue weighted by Gasteiger charge is -2.35. The van der Waals surface area contributed by atoms with Gasteiger partial charge in [0, 0.05) is 12.8 Å². The summed E-state index contributed by atoms with van der Waals surface area (Å²) in [7, 11) is -5.32. The average Bonchev–Trinajstić information content (AvgIpc) is 2.68. The molecule has 1 aliphatic carbocycles. The zero-order chi connectivity index (χ0) is 18.8. The fourth-order valence-electron chi connectivity index (χ4n) is 2.59. The van der Waals surface area contributed by atoms with Crippen LogP contribution in [0.1, 0.15) is 24.5 Å². The smallest absolute Gasteiger partial charge is 0.429 e. The van der Waals surface area contributed by atoms with Crippen LogP contribution in [0.25, 0.3) is 0 Å². The summed E-state index contributed by atoms with van der Waals surface area (Å²) in [6.07, 6.45) is -9.57. The summed E-state index contributed by atoms with van der Waals surface area (Å²) in [5, 5.41) is 9.59. The summed E-state index contributed by atoms with van der Waals surface area (Å²) in [4.78, 5) is -1.24. The standard InChI is InChI=1S/C13H10F6O5S/c14-11(15)25(21,22)7-2-1-6(23-5-3-12(16,17)4-5)9-8(7)10(20)13(18,19)24-9/h1-2,5,10-11,20H,3-4H2/t10-/m0/s1. The second-order valence-corrected chi connectivity index (χ2v) is 7.57. The number of aliphatic hydroxyl groups excluding tert-OH is 1. The van der Waals surface area contributed by atoms with Crippen molar-refractivity contribution in [3.63, 3.8) is 0 Å². The fraction of sp³-hybridized carbons (Fsp3) is 0.538. The molecule has 1 aromatic carbocycles. The van der Waals surface area contributed by atoms with Gasteiger partial charge in [0.15, 0.2) is 17.6 Å². The molecule has 0 spiro atoms. The number of sulfone groups is 1. The minimum atomic E-state index is -5.32. The van der Waals surface area contributed by atoms with Crippen LogP contribution in [0.5, 0.6) is 11.5 Å². The van der Waals surface area contributed by atoms with Gasteiger partial charge in [-0.1, -0.05) is 0 Å². The molecule has 5 nitrogen and oxygen atoms in total. The van der Waals surface area contributed by atoms with Crippen LogP contribution in [0, 0.1) is 0 Å². The van der Waals surface area contributed by atoms with E-state index in [2.05, 4.69) is 4.74 Å². The van der Waals surface area contributed by atoms with Gasteiger partial charge < -0.3 is 14.6 Å². The molecule has 0 unspecified atom stereocenters. The lowest BCUT2D eigenvalue weighted by Crippen LogP contribution is -2.43. The summed E-state index contributed by atoms with van der Waals surface area (Å²) < 4.78 is 111. The van der Waals surface area contributed by atoms with E-state index in [9.17, 15) is 39.9 Å². The molecule has 0 saturated heterocycles. The number of hydrogen-bond acceptors (Lipinski definition) is 5. The summed E-state index contributed by atoms with van der Waals surface area (Å²) in [6.45, 7) is 0. The Morgan fingerprint density at radius 2 is 1.80 bits per heavy atom. The normalized spacial score (nSPS) is 24.6. The number of hydrogen-bond donors (Lipinski definition) is 1. The van der Waals surface area contributed by atoms with Crippen molar-refractivity contribution < 1.29 is 49.3 Å². The van der Waals surface area contributed by atoms with E-state index in [4.69, 9.17) is 4.74 Å². The Labute approximate surface area is 137 Å². The molecule has 0 radical (unpaired) electrons. The van der Waals surface area contributed by atoms with Gasteiger partial charge in [-0.3, -0.25) is 0 Å². The fourth-order valence-corrected chi connectivity index (χ4v) is 3.55. The van der Waals surface area contributed by atoms with Gasteiger partial charge in [0.05, 0.1) is 10.5 Å². The highest BCUT2D eigenvalue weighted by atomic mass is 32.2. The van der Waals surface area contributed by atoms with E-state index in [0.717, 1.165) is 6.07 Å². The molecule has 1 aliphatic heterocycles. The van der Waals surface area contributed by atoms with Crippen molar-refractivity contribution in [2.24, 2.45) is 0 Å². The van der Waals surface area contributed by atoms with Gasteiger partial charge in [-0.2, -0.15) is 17.6 Å². The van der Waals surface area contributed by atoms with Crippen LogP contribution in [-0.4, -0.2) is 37.4 Å². The first-order valence-corrected chi connectivity index (χ1v) is 8.38. The molecule has 2 aliphatic rings. The molecule has 1 heterocycles. The molecule has 0 bridgehead atoms. The number of rotatable bonds is 4. The molecule has 1 fully saturated rings. The lowest BCUT2D eigenvalue weighted by atomic mass is 9.91. The van der Waals surface area contributed by atoms with Crippen molar-refractivity contribution in [1.29, 1.82) is 0 Å². The molecule has 3 rings (SSSR count). The number of halogens is 6. The Kier molecular flexibility index (Phi) is 3.91. The summed E-state index contributed by atoms with van der Waals surface area (Å²) in [5.74, 6) is -8.40. The van der Waals surface area contributed by atoms with E-state index in [1.165, 1.54) is 0 Å². The van der Waals surface area contributed by atoms with Crippen molar-refractivity contribution in [2.75, 3.05) is 0 Å². The number of aliphatic hydroxyl groups is 1. The van der Waals surface area contributed by atoms with Crippen LogP contribution in [0.3, 0.4) is 0 Å². The third kappa shape index (κ3) is 2.90. The van der Waals surface area contributed by atoms with E-state index >= 15 is 0 Å². The van der Waals surface area contributed by atoms with Crippen LogP contribution in [-0.2, 0) is 9.84 Å². The Bertz CT molecular complexity index is 801. The Balaban J connectivity index is 2.05. The zero-order valence-electron chi connectivity index (χ0n) is 12.1. The number of ether oxygens (including phenoxy) is 2. The highest BCUT2D eigenvalue weighted by Gasteiger charge is 2.55. The minimum Gasteiger partial charge on any atom is -0.486 e. The van der Waals surface area contributed by atoms with Crippen molar-refractivity contribution in [3.8, 4) is 11.5 Å². The maximum Gasteiger partial charge on any atom is 0.429 e. The molecule has 25 heavy (non-hydrogen) atoms. The van der Waals surface area contributed by atoms with Crippen molar-refractivity contribution in [1.82, 2.24) is 0 Å². The third-order valence-corrected chi connectivity index (χ3v) is 5.28. The first-order chi connectivity index (χ1) is 11.3. The first kappa shape index (κ1) is 18.1. The molecule has 0 aromatic heterocycles. The van der Waals surface area contributed by atoms with E-state index < -0.39 is 74.6 Å². The molecular weight excluding hydrogens is 382 g/mol. The van der Waals surface area contributed by atoms with E-state index in [1.807, 2.05) is 0 Å². The zero-order valence-corrected chi connectivity index (χ0v) is 12.9. The van der Waals surface area contributed by atoms with E-state index in [1.54, 1.807) is 0 Å². The highest BCUT2D eigenvalue weighted by molar-refractivity contribution is 7.91. The molecule has 1 atom stereocenters. The summed E-state index contributed by atoms with van der Waals surface area (Å²) in [5.41, 5.74) is -1.09. The summed E-state index contributed by atoms with van der Waals surface area (Å²) >= 11 is 0. The molecule has 1 N–H and O–H groups in total. The molecular formula is C13H10F6O5S. The monoisotopic (exact) mass is 392 g/mol. The van der Waals surface area contributed by atoms with Crippen LogP contribution in [0.15, 0.2) is 17.0 Å². The predicted octanol–water partition coefficient (Wildman–Crippen LogP) is 2.88. The van der Waals surface area contributed by atoms with Gasteiger partial charge in [0.2, 0.25) is 9.84 Å². The average molecular weight is 392 g/mol. The first-order valence-electron chi connectivity index (χ1n) is 6.83. The van der Waals surface area contributed by atoms with Gasteiger partial charge in [0.1, 0.15) is 6.10 Å². The van der Waals surface area contributed by atoms with Crippen molar-refractivity contribution in [3.05, 3.63) is 17.7 Å². The van der Waals surface area contributed by atoms with Gasteiger partial charge in [-0.15, -0.1) is 0 Å². The number of benzene rings is 1. The SMILES string of the molecule is O=S(=O)(c1ccc(OC2CC(F)(F)C2)c2c1[C@H](O)C(F)(F)O2)C(F)F. The van der Waals surface area contributed by atoms with Crippen LogP contribution < -0.4 is 9.47 Å². The number of fused-ring (bicyclic) bond motifs is 1. The van der Waals surface area contributed by atoms with Crippen molar-refractivity contribution >= 4 is 9.84 Å². The molecule has 1 aromatic rings. The second kappa shape index (κ2) is 5.40. The molecule has 1 saturated carbocycles. The maximum atomic E-state index is 13.6. The second-order valence-electron chi connectivity index (χ2n) is 5.68. The number of alkyl halides is 6. The van der Waals surface area contributed by atoms with Gasteiger partial charge in [0.25, 0.3) is 5.92 Å². The molecule has 0 amide bonds. The van der Waals surface area contributed by atoms with Crippen molar-refractivity contribution in [2.45, 2.75) is 47.7 Å². The van der Waals surface area contributed by atoms with Crippen LogP contribution >= 0.6 is 0 Å². The van der Waals surface area contributed by atoms with Crippen LogP contribution in [0.4, 0.5) is 26.3 Å². The predicted molar refractivity (Wildman–Crippen MR) is 68.8 cm³/mol. The minimum absolute atomic E-state index is 0.542. The quantitative estimate of drug-likeness (QED) is 0.798. The van der Waals surface area contributed by atoms with E-state index in [-0.39, 0.29) is 0 Å². The Morgan fingerprint density at radius 1 is 1.20 bits per heavy atom. The van der Waals surface area contributed by atoms with E-state index in [0.29, 0.717) is 6.07 Å². The lowest BCUT2D eigenvalue weighted by molar-refractivity contribution is -0.225. The molecule has 12 heteroatoms. The Hall–Kier alpha value is -1.69. The van der Waals surface area contributed by atoms with Crippen LogP contribution in [0.2, 0.25) is 0 Å². The topological polar surface area (TPSA) is 72.8 Å². The maximum absolute atomic E-state index is 13.6. The third-order valence-electron chi connectivity index (χ3n) is 3.84. The molecule has 140 valence electrons. The summed E-state index contributed by atoms with van der Waals surface area (Å²) in [6, 6.07) is 1.29. The van der Waals surface area contributed by atoms with Gasteiger partial charge >= 0.3 is 11.9 Å².